The number of fused-ring (bicyclic) bond motifs is 1. The minimum Gasteiger partial charge on any atom is -0.508 e. The Bertz CT molecular complexity index is 621. The summed E-state index contributed by atoms with van der Waals surface area (Å²) in [6, 6.07) is 12.1. The van der Waals surface area contributed by atoms with Gasteiger partial charge in [-0.2, -0.15) is 0 Å². The average molecular weight is 272 g/mol. The quantitative estimate of drug-likeness (QED) is 0.882. The van der Waals surface area contributed by atoms with Crippen molar-refractivity contribution < 1.29 is 19.7 Å². The van der Waals surface area contributed by atoms with Gasteiger partial charge < -0.3 is 19.7 Å². The van der Waals surface area contributed by atoms with Crippen molar-refractivity contribution in [3.8, 4) is 17.2 Å². The number of hydrogen-bond acceptors (Lipinski definition) is 4. The number of hydrogen-bond donors (Lipinski definition) is 2. The van der Waals surface area contributed by atoms with E-state index in [1.165, 1.54) is 0 Å². The molecule has 1 atom stereocenters. The summed E-state index contributed by atoms with van der Waals surface area (Å²) in [5.74, 6) is 1.11. The first kappa shape index (κ1) is 12.8. The van der Waals surface area contributed by atoms with Gasteiger partial charge in [-0.05, 0) is 29.3 Å². The molecule has 0 fully saturated rings. The van der Waals surface area contributed by atoms with Crippen molar-refractivity contribution in [3.63, 3.8) is 0 Å². The van der Waals surface area contributed by atoms with Crippen LogP contribution in [0.5, 0.6) is 17.2 Å². The van der Waals surface area contributed by atoms with Crippen LogP contribution in [0, 0.1) is 0 Å². The highest BCUT2D eigenvalue weighted by atomic mass is 16.5. The van der Waals surface area contributed by atoms with E-state index in [1.807, 2.05) is 18.2 Å². The van der Waals surface area contributed by atoms with Crippen molar-refractivity contribution in [1.82, 2.24) is 0 Å². The highest BCUT2D eigenvalue weighted by molar-refractivity contribution is 5.44. The highest BCUT2D eigenvalue weighted by Crippen LogP contribution is 2.39. The van der Waals surface area contributed by atoms with E-state index in [9.17, 15) is 10.2 Å². The lowest BCUT2D eigenvalue weighted by molar-refractivity contribution is -0.0593. The Morgan fingerprint density at radius 1 is 1.05 bits per heavy atom. The normalized spacial score (nSPS) is 21.1. The largest absolute Gasteiger partial charge is 0.508 e. The van der Waals surface area contributed by atoms with E-state index in [1.54, 1.807) is 31.4 Å². The molecule has 1 aliphatic heterocycles. The molecule has 0 saturated carbocycles. The molecule has 4 nitrogen and oxygen atoms in total. The fraction of sp³-hybridized carbons (Fsp3) is 0.250. The number of benzene rings is 2. The molecule has 0 spiro atoms. The van der Waals surface area contributed by atoms with E-state index in [4.69, 9.17) is 9.47 Å². The van der Waals surface area contributed by atoms with E-state index in [-0.39, 0.29) is 11.5 Å². The Morgan fingerprint density at radius 2 is 1.75 bits per heavy atom. The van der Waals surface area contributed by atoms with E-state index < -0.39 is 5.60 Å². The molecule has 3 rings (SSSR count). The van der Waals surface area contributed by atoms with Crippen LogP contribution in [0.1, 0.15) is 11.1 Å². The maximum atomic E-state index is 9.48. The molecule has 104 valence electrons. The van der Waals surface area contributed by atoms with Gasteiger partial charge in [0.1, 0.15) is 29.5 Å². The fourth-order valence-corrected chi connectivity index (χ4v) is 2.58. The van der Waals surface area contributed by atoms with E-state index in [0.717, 1.165) is 11.1 Å². The molecule has 0 amide bonds. The van der Waals surface area contributed by atoms with Crippen molar-refractivity contribution >= 4 is 0 Å². The average Bonchev–Trinajstić information content (AvgIpc) is 2.47. The summed E-state index contributed by atoms with van der Waals surface area (Å²) in [6.07, 6.45) is 0.657. The SMILES string of the molecule is COC1(c2ccc(O)cc2)COc2cc(O)ccc2C1. The second-order valence-electron chi connectivity index (χ2n) is 5.00. The molecule has 0 aliphatic carbocycles. The summed E-state index contributed by atoms with van der Waals surface area (Å²) in [4.78, 5) is 0. The summed E-state index contributed by atoms with van der Waals surface area (Å²) in [7, 11) is 1.65. The maximum Gasteiger partial charge on any atom is 0.131 e. The van der Waals surface area contributed by atoms with Gasteiger partial charge in [0, 0.05) is 19.6 Å². The lowest BCUT2D eigenvalue weighted by Gasteiger charge is -2.37. The molecule has 4 heteroatoms. The molecule has 0 aromatic heterocycles. The number of phenols is 2. The van der Waals surface area contributed by atoms with Crippen molar-refractivity contribution in [1.29, 1.82) is 0 Å². The highest BCUT2D eigenvalue weighted by Gasteiger charge is 2.38. The summed E-state index contributed by atoms with van der Waals surface area (Å²) >= 11 is 0. The smallest absolute Gasteiger partial charge is 0.131 e. The molecule has 1 unspecified atom stereocenters. The minimum atomic E-state index is -0.572. The van der Waals surface area contributed by atoms with E-state index >= 15 is 0 Å². The molecule has 0 radical (unpaired) electrons. The van der Waals surface area contributed by atoms with Gasteiger partial charge in [-0.3, -0.25) is 0 Å². The van der Waals surface area contributed by atoms with Crippen molar-refractivity contribution in [3.05, 3.63) is 53.6 Å². The third kappa shape index (κ3) is 2.08. The van der Waals surface area contributed by atoms with Crippen LogP contribution in [0.2, 0.25) is 0 Å². The molecular formula is C16H16O4. The zero-order valence-electron chi connectivity index (χ0n) is 11.2. The Labute approximate surface area is 117 Å². The standard InChI is InChI=1S/C16H16O4/c1-19-16(12-3-6-13(17)7-4-12)9-11-2-5-14(18)8-15(11)20-10-16/h2-8,17-18H,9-10H2,1H3. The van der Waals surface area contributed by atoms with Gasteiger partial charge in [0.2, 0.25) is 0 Å². The first-order valence-corrected chi connectivity index (χ1v) is 6.42. The minimum absolute atomic E-state index is 0.193. The summed E-state index contributed by atoms with van der Waals surface area (Å²) in [6.45, 7) is 0.366. The predicted octanol–water partition coefficient (Wildman–Crippen LogP) is 2.57. The van der Waals surface area contributed by atoms with Gasteiger partial charge in [0.15, 0.2) is 0 Å². The molecule has 1 aliphatic rings. The first-order valence-electron chi connectivity index (χ1n) is 6.42. The first-order chi connectivity index (χ1) is 9.63. The van der Waals surface area contributed by atoms with Crippen LogP contribution in [-0.2, 0) is 16.8 Å². The molecule has 2 aromatic rings. The number of rotatable bonds is 2. The molecule has 1 heterocycles. The predicted molar refractivity (Wildman–Crippen MR) is 74.1 cm³/mol. The van der Waals surface area contributed by atoms with Crippen LogP contribution in [0.25, 0.3) is 0 Å². The second kappa shape index (κ2) is 4.72. The molecule has 2 aromatic carbocycles. The van der Waals surface area contributed by atoms with E-state index in [2.05, 4.69) is 0 Å². The van der Waals surface area contributed by atoms with Crippen LogP contribution < -0.4 is 4.74 Å². The number of ether oxygens (including phenoxy) is 2. The zero-order chi connectivity index (χ0) is 14.2. The molecule has 2 N–H and O–H groups in total. The summed E-state index contributed by atoms with van der Waals surface area (Å²) < 4.78 is 11.5. The fourth-order valence-electron chi connectivity index (χ4n) is 2.58. The van der Waals surface area contributed by atoms with Crippen molar-refractivity contribution in [2.45, 2.75) is 12.0 Å². The molecule has 0 bridgehead atoms. The Morgan fingerprint density at radius 3 is 2.45 bits per heavy atom. The van der Waals surface area contributed by atoms with Crippen molar-refractivity contribution in [2.75, 3.05) is 13.7 Å². The maximum absolute atomic E-state index is 9.48. The zero-order valence-corrected chi connectivity index (χ0v) is 11.2. The lowest BCUT2D eigenvalue weighted by Crippen LogP contribution is -2.40. The topological polar surface area (TPSA) is 58.9 Å². The Hall–Kier alpha value is -2.20. The van der Waals surface area contributed by atoms with Crippen LogP contribution in [-0.4, -0.2) is 23.9 Å². The monoisotopic (exact) mass is 272 g/mol. The third-order valence-corrected chi connectivity index (χ3v) is 3.77. The number of aromatic hydroxyl groups is 2. The second-order valence-corrected chi connectivity index (χ2v) is 5.00. The van der Waals surface area contributed by atoms with Gasteiger partial charge in [0.05, 0.1) is 0 Å². The summed E-state index contributed by atoms with van der Waals surface area (Å²) in [5, 5.41) is 18.9. The van der Waals surface area contributed by atoms with Gasteiger partial charge in [-0.15, -0.1) is 0 Å². The molecular weight excluding hydrogens is 256 g/mol. The number of methoxy groups -OCH3 is 1. The van der Waals surface area contributed by atoms with Gasteiger partial charge >= 0.3 is 0 Å². The molecule has 0 saturated heterocycles. The summed E-state index contributed by atoms with van der Waals surface area (Å²) in [5.41, 5.74) is 1.37. The van der Waals surface area contributed by atoms with E-state index in [0.29, 0.717) is 18.8 Å². The number of phenolic OH excluding ortho intramolecular Hbond substituents is 2. The molecule has 20 heavy (non-hydrogen) atoms. The third-order valence-electron chi connectivity index (χ3n) is 3.77. The lowest BCUT2D eigenvalue weighted by atomic mass is 9.85. The van der Waals surface area contributed by atoms with Gasteiger partial charge in [-0.25, -0.2) is 0 Å². The van der Waals surface area contributed by atoms with Crippen molar-refractivity contribution in [2.24, 2.45) is 0 Å². The Balaban J connectivity index is 1.99. The van der Waals surface area contributed by atoms with Gasteiger partial charge in [-0.1, -0.05) is 18.2 Å². The van der Waals surface area contributed by atoms with Gasteiger partial charge in [0.25, 0.3) is 0 Å². The Kier molecular flexibility index (Phi) is 3.03. The van der Waals surface area contributed by atoms with Crippen LogP contribution in [0.4, 0.5) is 0 Å². The van der Waals surface area contributed by atoms with Crippen LogP contribution in [0.15, 0.2) is 42.5 Å². The van der Waals surface area contributed by atoms with Crippen LogP contribution in [0.3, 0.4) is 0 Å². The van der Waals surface area contributed by atoms with Crippen LogP contribution >= 0.6 is 0 Å².